The van der Waals surface area contributed by atoms with Crippen LogP contribution in [0, 0.1) is 0 Å². The maximum absolute atomic E-state index is 10.9. The van der Waals surface area contributed by atoms with Crippen molar-refractivity contribution in [1.29, 1.82) is 0 Å². The molecule has 0 spiro atoms. The first kappa shape index (κ1) is 9.61. The first-order chi connectivity index (χ1) is 5.59. The van der Waals surface area contributed by atoms with Crippen LogP contribution in [-0.4, -0.2) is 34.8 Å². The van der Waals surface area contributed by atoms with Crippen molar-refractivity contribution in [1.82, 2.24) is 10.2 Å². The van der Waals surface area contributed by atoms with Gasteiger partial charge in [-0.2, -0.15) is 0 Å². The van der Waals surface area contributed by atoms with E-state index in [1.54, 1.807) is 0 Å². The summed E-state index contributed by atoms with van der Waals surface area (Å²) in [6, 6.07) is -0.367. The van der Waals surface area contributed by atoms with Gasteiger partial charge in [-0.3, -0.25) is 10.1 Å². The summed E-state index contributed by atoms with van der Waals surface area (Å²) in [6.07, 6.45) is 0.476. The zero-order valence-electron chi connectivity index (χ0n) is 6.22. The van der Waals surface area contributed by atoms with Crippen molar-refractivity contribution in [3.63, 3.8) is 0 Å². The van der Waals surface area contributed by atoms with Crippen molar-refractivity contribution in [2.45, 2.75) is 11.3 Å². The minimum Gasteiger partial charge on any atom is -0.315 e. The van der Waals surface area contributed by atoms with Crippen molar-refractivity contribution < 1.29 is 9.59 Å². The van der Waals surface area contributed by atoms with Crippen LogP contribution in [0.15, 0.2) is 0 Å². The predicted octanol–water partition coefficient (Wildman–Crippen LogP) is 0.732. The Bertz CT molecular complexity index is 208. The van der Waals surface area contributed by atoms with E-state index in [-0.39, 0.29) is 18.5 Å². The molecule has 4 nitrogen and oxygen atoms in total. The summed E-state index contributed by atoms with van der Waals surface area (Å²) in [5.41, 5.74) is 0. The number of nitrogens with one attached hydrogen (secondary N) is 1. The van der Waals surface area contributed by atoms with Crippen molar-refractivity contribution in [2.75, 3.05) is 13.1 Å². The SMILES string of the molecule is O=C1CN(CCC(Cl)Cl)C(=O)N1. The van der Waals surface area contributed by atoms with Gasteiger partial charge in [-0.05, 0) is 6.42 Å². The van der Waals surface area contributed by atoms with Gasteiger partial charge >= 0.3 is 6.03 Å². The molecule has 1 N–H and O–H groups in total. The molecule has 0 aromatic heterocycles. The van der Waals surface area contributed by atoms with Gasteiger partial charge in [0, 0.05) is 6.54 Å². The van der Waals surface area contributed by atoms with Crippen LogP contribution in [0.3, 0.4) is 0 Å². The first-order valence-corrected chi connectivity index (χ1v) is 4.34. The lowest BCUT2D eigenvalue weighted by atomic mass is 10.4. The molecule has 1 heterocycles. The van der Waals surface area contributed by atoms with Crippen LogP contribution >= 0.6 is 23.2 Å². The molecule has 1 saturated heterocycles. The Morgan fingerprint density at radius 3 is 2.58 bits per heavy atom. The molecule has 0 aromatic rings. The molecule has 1 aliphatic heterocycles. The number of alkyl halides is 2. The molecule has 12 heavy (non-hydrogen) atoms. The van der Waals surface area contributed by atoms with E-state index in [2.05, 4.69) is 5.32 Å². The van der Waals surface area contributed by atoms with Gasteiger partial charge in [0.2, 0.25) is 5.91 Å². The Balaban J connectivity index is 2.33. The minimum atomic E-state index is -0.492. The number of carbonyl (C=O) groups excluding carboxylic acids is 2. The van der Waals surface area contributed by atoms with E-state index in [0.717, 1.165) is 0 Å². The summed E-state index contributed by atoms with van der Waals surface area (Å²) < 4.78 is 0. The lowest BCUT2D eigenvalue weighted by Gasteiger charge is -2.12. The normalized spacial score (nSPS) is 17.4. The van der Waals surface area contributed by atoms with Crippen molar-refractivity contribution in [3.05, 3.63) is 0 Å². The van der Waals surface area contributed by atoms with Gasteiger partial charge in [-0.1, -0.05) is 0 Å². The fraction of sp³-hybridized carbons (Fsp3) is 0.667. The van der Waals surface area contributed by atoms with Crippen molar-refractivity contribution in [3.8, 4) is 0 Å². The van der Waals surface area contributed by atoms with Crippen LogP contribution in [-0.2, 0) is 4.79 Å². The van der Waals surface area contributed by atoms with Gasteiger partial charge in [-0.15, -0.1) is 23.2 Å². The molecule has 1 fully saturated rings. The molecule has 6 heteroatoms. The highest BCUT2D eigenvalue weighted by Gasteiger charge is 2.26. The summed E-state index contributed by atoms with van der Waals surface area (Å²) in [4.78, 5) is 22.5. The molecule has 0 bridgehead atoms. The molecule has 0 saturated carbocycles. The van der Waals surface area contributed by atoms with Gasteiger partial charge < -0.3 is 4.90 Å². The number of halogens is 2. The largest absolute Gasteiger partial charge is 0.324 e. The van der Waals surface area contributed by atoms with Crippen LogP contribution in [0.25, 0.3) is 0 Å². The number of urea groups is 1. The Morgan fingerprint density at radius 1 is 1.50 bits per heavy atom. The Kier molecular flexibility index (Phi) is 3.17. The fourth-order valence-corrected chi connectivity index (χ4v) is 1.11. The second-order valence-corrected chi connectivity index (χ2v) is 3.73. The van der Waals surface area contributed by atoms with E-state index in [0.29, 0.717) is 13.0 Å². The quantitative estimate of drug-likeness (QED) is 0.552. The molecule has 0 aromatic carbocycles. The second kappa shape index (κ2) is 3.96. The number of amides is 3. The van der Waals surface area contributed by atoms with Gasteiger partial charge in [0.05, 0.1) is 0 Å². The maximum atomic E-state index is 10.9. The minimum absolute atomic E-state index is 0.110. The van der Waals surface area contributed by atoms with Gasteiger partial charge in [0.1, 0.15) is 11.4 Å². The van der Waals surface area contributed by atoms with Gasteiger partial charge in [0.25, 0.3) is 0 Å². The highest BCUT2D eigenvalue weighted by atomic mass is 35.5. The van der Waals surface area contributed by atoms with E-state index < -0.39 is 4.84 Å². The zero-order chi connectivity index (χ0) is 9.14. The highest BCUT2D eigenvalue weighted by molar-refractivity contribution is 6.44. The number of hydrogen-bond acceptors (Lipinski definition) is 2. The Morgan fingerprint density at radius 2 is 2.17 bits per heavy atom. The second-order valence-electron chi connectivity index (χ2n) is 2.45. The van der Waals surface area contributed by atoms with Crippen molar-refractivity contribution in [2.24, 2.45) is 0 Å². The number of hydrogen-bond donors (Lipinski definition) is 1. The Labute approximate surface area is 79.8 Å². The topological polar surface area (TPSA) is 49.4 Å². The van der Waals surface area contributed by atoms with E-state index in [4.69, 9.17) is 23.2 Å². The van der Waals surface area contributed by atoms with Gasteiger partial charge in [-0.25, -0.2) is 4.79 Å². The monoisotopic (exact) mass is 210 g/mol. The summed E-state index contributed by atoms with van der Waals surface area (Å²) in [7, 11) is 0. The summed E-state index contributed by atoms with van der Waals surface area (Å²) in [5, 5.41) is 2.15. The van der Waals surface area contributed by atoms with E-state index in [1.165, 1.54) is 4.90 Å². The van der Waals surface area contributed by atoms with Gasteiger partial charge in [0.15, 0.2) is 0 Å². The third kappa shape index (κ3) is 2.53. The molecular formula is C6H8Cl2N2O2. The fourth-order valence-electron chi connectivity index (χ4n) is 0.917. The van der Waals surface area contributed by atoms with E-state index >= 15 is 0 Å². The first-order valence-electron chi connectivity index (χ1n) is 3.46. The van der Waals surface area contributed by atoms with Crippen molar-refractivity contribution >= 4 is 35.1 Å². The molecular weight excluding hydrogens is 203 g/mol. The van der Waals surface area contributed by atoms with E-state index in [1.807, 2.05) is 0 Å². The molecule has 0 radical (unpaired) electrons. The number of nitrogens with zero attached hydrogens (tertiary/aromatic N) is 1. The average molecular weight is 211 g/mol. The summed E-state index contributed by atoms with van der Waals surface area (Å²) >= 11 is 10.9. The molecule has 1 aliphatic rings. The maximum Gasteiger partial charge on any atom is 0.324 e. The average Bonchev–Trinajstić information content (AvgIpc) is 2.26. The number of imide groups is 1. The molecule has 3 amide bonds. The summed E-state index contributed by atoms with van der Waals surface area (Å²) in [5.74, 6) is -0.277. The predicted molar refractivity (Wildman–Crippen MR) is 45.2 cm³/mol. The van der Waals surface area contributed by atoms with Crippen LogP contribution in [0.4, 0.5) is 4.79 Å². The lowest BCUT2D eigenvalue weighted by Crippen LogP contribution is -2.29. The summed E-state index contributed by atoms with van der Waals surface area (Å²) in [6.45, 7) is 0.522. The van der Waals surface area contributed by atoms with Crippen LogP contribution in [0.5, 0.6) is 0 Å². The zero-order valence-corrected chi connectivity index (χ0v) is 7.73. The molecule has 0 atom stereocenters. The molecule has 0 unspecified atom stereocenters. The number of carbonyl (C=O) groups is 2. The molecule has 0 aliphatic carbocycles. The molecule has 68 valence electrons. The Hall–Kier alpha value is -0.480. The smallest absolute Gasteiger partial charge is 0.315 e. The third-order valence-corrected chi connectivity index (χ3v) is 1.92. The lowest BCUT2D eigenvalue weighted by molar-refractivity contribution is -0.118. The molecule has 1 rings (SSSR count). The number of rotatable bonds is 3. The van der Waals surface area contributed by atoms with Crippen LogP contribution in [0.2, 0.25) is 0 Å². The third-order valence-electron chi connectivity index (χ3n) is 1.49. The van der Waals surface area contributed by atoms with Crippen LogP contribution < -0.4 is 5.32 Å². The van der Waals surface area contributed by atoms with Crippen LogP contribution in [0.1, 0.15) is 6.42 Å². The standard InChI is InChI=1S/C6H8Cl2N2O2/c7-4(8)1-2-10-3-5(11)9-6(10)12/h4H,1-3H2,(H,9,11,12). The van der Waals surface area contributed by atoms with E-state index in [9.17, 15) is 9.59 Å². The highest BCUT2D eigenvalue weighted by Crippen LogP contribution is 2.09.